The maximum atomic E-state index is 12.8. The number of hydrogen-bond donors (Lipinski definition) is 1. The molecule has 1 aliphatic carbocycles. The molecule has 0 aliphatic heterocycles. The molecule has 2 atom stereocenters. The number of rotatable bonds is 5. The van der Waals surface area contributed by atoms with Gasteiger partial charge in [-0.05, 0) is 25.3 Å². The maximum Gasteiger partial charge on any atom is 0.291 e. The summed E-state index contributed by atoms with van der Waals surface area (Å²) in [6.45, 7) is 3.80. The van der Waals surface area contributed by atoms with E-state index in [1.807, 2.05) is 13.8 Å². The molecule has 0 spiro atoms. The minimum atomic E-state index is -3.82. The van der Waals surface area contributed by atoms with Crippen molar-refractivity contribution in [3.05, 3.63) is 28.5 Å². The number of halogens is 3. The fraction of sp³-hybridized carbons (Fsp3) is 0.400. The average molecular weight is 434 g/mol. The van der Waals surface area contributed by atoms with Gasteiger partial charge in [0.05, 0.1) is 16.7 Å². The molecule has 0 amide bonds. The molecular formula is C15H14ClF2N5O2S2. The molecule has 0 radical (unpaired) electrons. The van der Waals surface area contributed by atoms with Crippen LogP contribution in [0.5, 0.6) is 0 Å². The summed E-state index contributed by atoms with van der Waals surface area (Å²) in [6.07, 6.45) is 0.785. The van der Waals surface area contributed by atoms with Crippen molar-refractivity contribution in [3.63, 3.8) is 0 Å². The predicted molar refractivity (Wildman–Crippen MR) is 96.6 cm³/mol. The van der Waals surface area contributed by atoms with Gasteiger partial charge < -0.3 is 0 Å². The van der Waals surface area contributed by atoms with E-state index in [2.05, 4.69) is 19.9 Å². The number of aromatic nitrogens is 4. The second-order valence-corrected chi connectivity index (χ2v) is 9.83. The largest absolute Gasteiger partial charge is 0.295 e. The molecule has 4 rings (SSSR count). The van der Waals surface area contributed by atoms with Gasteiger partial charge in [-0.2, -0.15) is 0 Å². The first-order valence-electron chi connectivity index (χ1n) is 7.93. The van der Waals surface area contributed by atoms with Crippen LogP contribution in [0, 0.1) is 5.92 Å². The van der Waals surface area contributed by atoms with Gasteiger partial charge in [0.1, 0.15) is 4.90 Å². The number of imidazole rings is 1. The van der Waals surface area contributed by atoms with E-state index in [0.29, 0.717) is 16.9 Å². The molecule has 1 saturated carbocycles. The number of fused-ring (bicyclic) bond motifs is 1. The monoisotopic (exact) mass is 433 g/mol. The topological polar surface area (TPSA) is 89.2 Å². The summed E-state index contributed by atoms with van der Waals surface area (Å²) in [6, 6.07) is 1.34. The Morgan fingerprint density at radius 2 is 2.15 bits per heavy atom. The fourth-order valence-electron chi connectivity index (χ4n) is 2.84. The number of alkyl halides is 2. The van der Waals surface area contributed by atoms with E-state index in [1.54, 1.807) is 0 Å². The highest BCUT2D eigenvalue weighted by molar-refractivity contribution is 7.89. The summed E-state index contributed by atoms with van der Waals surface area (Å²) in [5.41, 5.74) is -0.0471. The summed E-state index contributed by atoms with van der Waals surface area (Å²) >= 11 is 6.92. The van der Waals surface area contributed by atoms with Crippen LogP contribution in [-0.2, 0) is 10.0 Å². The van der Waals surface area contributed by atoms with Crippen LogP contribution in [0.25, 0.3) is 16.3 Å². The van der Waals surface area contributed by atoms with Crippen LogP contribution in [0.15, 0.2) is 23.4 Å². The third-order valence-electron chi connectivity index (χ3n) is 4.72. The minimum absolute atomic E-state index is 0.0434. The van der Waals surface area contributed by atoms with Crippen LogP contribution in [-0.4, -0.2) is 33.5 Å². The Hall–Kier alpha value is -1.69. The first-order chi connectivity index (χ1) is 12.6. The van der Waals surface area contributed by atoms with Gasteiger partial charge >= 0.3 is 0 Å². The zero-order chi connectivity index (χ0) is 19.6. The Balaban J connectivity index is 1.80. The molecule has 1 fully saturated rings. The van der Waals surface area contributed by atoms with Crippen molar-refractivity contribution >= 4 is 38.5 Å². The summed E-state index contributed by atoms with van der Waals surface area (Å²) in [7, 11) is -3.82. The van der Waals surface area contributed by atoms with Gasteiger partial charge in [0.15, 0.2) is 15.8 Å². The lowest BCUT2D eigenvalue weighted by atomic mass is 10.3. The third-order valence-corrected chi connectivity index (χ3v) is 7.53. The van der Waals surface area contributed by atoms with Gasteiger partial charge in [-0.3, -0.25) is 4.40 Å². The molecule has 0 unspecified atom stereocenters. The van der Waals surface area contributed by atoms with E-state index in [0.717, 1.165) is 6.42 Å². The van der Waals surface area contributed by atoms with Crippen LogP contribution in [0.2, 0.25) is 5.02 Å². The lowest BCUT2D eigenvalue weighted by Gasteiger charge is -2.14. The van der Waals surface area contributed by atoms with Gasteiger partial charge in [-0.15, -0.1) is 10.2 Å². The van der Waals surface area contributed by atoms with Crippen LogP contribution in [0.1, 0.15) is 31.7 Å². The number of hydrogen-bond acceptors (Lipinski definition) is 6. The molecule has 3 heterocycles. The smallest absolute Gasteiger partial charge is 0.291 e. The number of nitrogens with one attached hydrogen (secondary N) is 1. The molecule has 12 heteroatoms. The van der Waals surface area contributed by atoms with Gasteiger partial charge in [0.25, 0.3) is 6.43 Å². The highest BCUT2D eigenvalue weighted by atomic mass is 35.5. The standard InChI is InChI=1S/C15H14ClF2N5O2S2/c1-7-4-15(7,2)22-27(24,25)8-3-9(16)10-5-19-12(23(10)6-8)14-21-20-13(26-14)11(17)18/h3,5-7,11,22H,4H2,1-2H3/t7-,15+/m0/s1. The van der Waals surface area contributed by atoms with E-state index in [4.69, 9.17) is 11.6 Å². The quantitative estimate of drug-likeness (QED) is 0.665. The van der Waals surface area contributed by atoms with E-state index >= 15 is 0 Å². The van der Waals surface area contributed by atoms with E-state index in [1.165, 1.54) is 22.9 Å². The first kappa shape index (κ1) is 18.7. The van der Waals surface area contributed by atoms with Crippen LogP contribution in [0.4, 0.5) is 8.78 Å². The second-order valence-electron chi connectivity index (χ2n) is 6.74. The van der Waals surface area contributed by atoms with E-state index in [9.17, 15) is 17.2 Å². The number of nitrogens with zero attached hydrogens (tertiary/aromatic N) is 4. The summed E-state index contributed by atoms with van der Waals surface area (Å²) in [5.74, 6) is 0.434. The Morgan fingerprint density at radius 1 is 1.44 bits per heavy atom. The van der Waals surface area contributed by atoms with Crippen molar-refractivity contribution in [2.45, 2.75) is 37.1 Å². The SMILES string of the molecule is C[C@H]1C[C@@]1(C)NS(=O)(=O)c1cc(Cl)c2cnc(-c3nnc(C(F)F)s3)n2c1. The van der Waals surface area contributed by atoms with Crippen molar-refractivity contribution in [3.8, 4) is 10.8 Å². The van der Waals surface area contributed by atoms with Crippen LogP contribution < -0.4 is 4.72 Å². The molecule has 0 aromatic carbocycles. The summed E-state index contributed by atoms with van der Waals surface area (Å²) < 4.78 is 55.2. The number of sulfonamides is 1. The van der Waals surface area contributed by atoms with Gasteiger partial charge in [0, 0.05) is 11.7 Å². The highest BCUT2D eigenvalue weighted by Gasteiger charge is 2.49. The van der Waals surface area contributed by atoms with Crippen LogP contribution in [0.3, 0.4) is 0 Å². The third kappa shape index (κ3) is 3.22. The fourth-order valence-corrected chi connectivity index (χ4v) is 5.38. The molecule has 27 heavy (non-hydrogen) atoms. The van der Waals surface area contributed by atoms with Gasteiger partial charge in [-0.25, -0.2) is 26.9 Å². The molecule has 7 nitrogen and oxygen atoms in total. The van der Waals surface area contributed by atoms with Crippen molar-refractivity contribution in [2.75, 3.05) is 0 Å². The summed E-state index contributed by atoms with van der Waals surface area (Å²) in [4.78, 5) is 4.10. The molecule has 3 aromatic rings. The van der Waals surface area contributed by atoms with E-state index < -0.39 is 27.0 Å². The lowest BCUT2D eigenvalue weighted by Crippen LogP contribution is -2.35. The molecule has 1 N–H and O–H groups in total. The van der Waals surface area contributed by atoms with Crippen LogP contribution >= 0.6 is 22.9 Å². The lowest BCUT2D eigenvalue weighted by molar-refractivity contribution is 0.150. The van der Waals surface area contributed by atoms with Crippen molar-refractivity contribution in [1.82, 2.24) is 24.3 Å². The Labute approximate surface area is 162 Å². The molecule has 144 valence electrons. The molecule has 0 bridgehead atoms. The summed E-state index contributed by atoms with van der Waals surface area (Å²) in [5, 5.41) is 7.05. The average Bonchev–Trinajstić information content (AvgIpc) is 3.01. The maximum absolute atomic E-state index is 12.8. The Bertz CT molecular complexity index is 1150. The zero-order valence-corrected chi connectivity index (χ0v) is 16.5. The zero-order valence-electron chi connectivity index (χ0n) is 14.1. The minimum Gasteiger partial charge on any atom is -0.295 e. The van der Waals surface area contributed by atoms with Gasteiger partial charge in [-0.1, -0.05) is 29.9 Å². The highest BCUT2D eigenvalue weighted by Crippen LogP contribution is 2.43. The second kappa shape index (κ2) is 6.16. The first-order valence-corrected chi connectivity index (χ1v) is 10.6. The van der Waals surface area contributed by atoms with Gasteiger partial charge in [0.2, 0.25) is 10.0 Å². The molecule has 0 saturated heterocycles. The van der Waals surface area contributed by atoms with Crippen molar-refractivity contribution < 1.29 is 17.2 Å². The molecule has 1 aliphatic rings. The molecular weight excluding hydrogens is 420 g/mol. The Kier molecular flexibility index (Phi) is 4.26. The van der Waals surface area contributed by atoms with Crippen molar-refractivity contribution in [2.24, 2.45) is 5.92 Å². The normalized spacial score (nSPS) is 22.7. The molecule has 3 aromatic heterocycles. The Morgan fingerprint density at radius 3 is 2.74 bits per heavy atom. The number of pyridine rings is 1. The van der Waals surface area contributed by atoms with E-state index in [-0.39, 0.29) is 26.7 Å². The van der Waals surface area contributed by atoms with Crippen molar-refractivity contribution in [1.29, 1.82) is 0 Å². The predicted octanol–water partition coefficient (Wildman–Crippen LogP) is 3.52.